The molecule has 0 heterocycles. The average Bonchev–Trinajstić information content (AvgIpc) is 3.01. The van der Waals surface area contributed by atoms with Crippen LogP contribution < -0.4 is 0 Å². The average molecular weight is 310 g/mol. The zero-order valence-electron chi connectivity index (χ0n) is 13.2. The fraction of sp³-hybridized carbons (Fsp3) is 0.350. The first-order chi connectivity index (χ1) is 11.2. The van der Waals surface area contributed by atoms with E-state index in [-0.39, 0.29) is 12.1 Å². The monoisotopic (exact) mass is 310 g/mol. The maximum Gasteiger partial charge on any atom is 0.310 e. The Morgan fingerprint density at radius 1 is 1.00 bits per heavy atom. The zero-order chi connectivity index (χ0) is 16.1. The summed E-state index contributed by atoms with van der Waals surface area (Å²) in [6, 6.07) is 17.8. The first kappa shape index (κ1) is 15.8. The van der Waals surface area contributed by atoms with Crippen LogP contribution in [-0.2, 0) is 22.6 Å². The molecule has 2 aromatic carbocycles. The summed E-state index contributed by atoms with van der Waals surface area (Å²) in [4.78, 5) is 11.9. The molecule has 3 nitrogen and oxygen atoms in total. The summed E-state index contributed by atoms with van der Waals surface area (Å²) in [7, 11) is 0. The van der Waals surface area contributed by atoms with Crippen LogP contribution in [-0.4, -0.2) is 17.2 Å². The van der Waals surface area contributed by atoms with Crippen molar-refractivity contribution >= 4 is 5.97 Å². The van der Waals surface area contributed by atoms with Crippen LogP contribution in [0.4, 0.5) is 0 Å². The van der Waals surface area contributed by atoms with Crippen LogP contribution in [0.25, 0.3) is 0 Å². The van der Waals surface area contributed by atoms with Gasteiger partial charge in [-0.2, -0.15) is 0 Å². The van der Waals surface area contributed by atoms with Crippen LogP contribution in [0.1, 0.15) is 41.9 Å². The minimum Gasteiger partial charge on any atom is -0.461 e. The molecule has 1 fully saturated rings. The molecule has 0 radical (unpaired) electrons. The molecule has 1 N–H and O–H groups in total. The highest BCUT2D eigenvalue weighted by Gasteiger charge is 2.23. The molecule has 120 valence electrons. The van der Waals surface area contributed by atoms with Crippen molar-refractivity contribution in [2.75, 3.05) is 0 Å². The van der Waals surface area contributed by atoms with E-state index in [0.717, 1.165) is 30.4 Å². The molecule has 3 rings (SSSR count). The molecule has 0 amide bonds. The summed E-state index contributed by atoms with van der Waals surface area (Å²) in [6.45, 7) is 0.317. The van der Waals surface area contributed by atoms with E-state index < -0.39 is 0 Å². The van der Waals surface area contributed by atoms with Gasteiger partial charge in [-0.1, -0.05) is 54.6 Å². The molecule has 1 aliphatic carbocycles. The molecule has 1 aliphatic rings. The third-order valence-corrected chi connectivity index (χ3v) is 4.45. The predicted molar refractivity (Wildman–Crippen MR) is 89.0 cm³/mol. The Kier molecular flexibility index (Phi) is 5.09. The fourth-order valence-electron chi connectivity index (χ4n) is 3.12. The van der Waals surface area contributed by atoms with Crippen LogP contribution in [0.2, 0.25) is 0 Å². The molecule has 1 unspecified atom stereocenters. The van der Waals surface area contributed by atoms with E-state index in [1.54, 1.807) is 0 Å². The first-order valence-corrected chi connectivity index (χ1v) is 8.17. The van der Waals surface area contributed by atoms with E-state index in [2.05, 4.69) is 12.1 Å². The third kappa shape index (κ3) is 4.42. The highest BCUT2D eigenvalue weighted by Crippen LogP contribution is 2.34. The van der Waals surface area contributed by atoms with Crippen LogP contribution in [0.15, 0.2) is 54.6 Å². The third-order valence-electron chi connectivity index (χ3n) is 4.45. The molecule has 2 aromatic rings. The number of aliphatic hydroxyl groups is 1. The van der Waals surface area contributed by atoms with Gasteiger partial charge in [-0.3, -0.25) is 4.79 Å². The number of carbonyl (C=O) groups excluding carboxylic acids is 1. The molecular formula is C20H22O3. The van der Waals surface area contributed by atoms with Crippen molar-refractivity contribution in [1.82, 2.24) is 0 Å². The zero-order valence-corrected chi connectivity index (χ0v) is 13.2. The van der Waals surface area contributed by atoms with Crippen molar-refractivity contribution in [1.29, 1.82) is 0 Å². The van der Waals surface area contributed by atoms with Gasteiger partial charge in [0.15, 0.2) is 0 Å². The van der Waals surface area contributed by atoms with Gasteiger partial charge in [0.25, 0.3) is 0 Å². The molecule has 0 aliphatic heterocycles. The van der Waals surface area contributed by atoms with E-state index in [1.807, 2.05) is 42.5 Å². The standard InChI is InChI=1S/C20H22O3/c21-19-11-10-18(13-19)17-8-6-15(7-9-17)12-20(22)23-14-16-4-2-1-3-5-16/h1-9,18-19,21H,10-14H2/t18-,19?/m0/s1. The summed E-state index contributed by atoms with van der Waals surface area (Å²) in [5.41, 5.74) is 3.21. The first-order valence-electron chi connectivity index (χ1n) is 8.17. The second-order valence-corrected chi connectivity index (χ2v) is 6.23. The number of hydrogen-bond donors (Lipinski definition) is 1. The Hall–Kier alpha value is -2.13. The Morgan fingerprint density at radius 2 is 1.74 bits per heavy atom. The minimum atomic E-state index is -0.210. The number of rotatable bonds is 5. The molecular weight excluding hydrogens is 288 g/mol. The van der Waals surface area contributed by atoms with Crippen molar-refractivity contribution in [2.24, 2.45) is 0 Å². The van der Waals surface area contributed by atoms with Gasteiger partial charge in [-0.15, -0.1) is 0 Å². The van der Waals surface area contributed by atoms with Gasteiger partial charge in [0.1, 0.15) is 6.61 Å². The largest absolute Gasteiger partial charge is 0.461 e. The Labute approximate surface area is 136 Å². The van der Waals surface area contributed by atoms with Gasteiger partial charge in [0, 0.05) is 0 Å². The second-order valence-electron chi connectivity index (χ2n) is 6.23. The van der Waals surface area contributed by atoms with Crippen molar-refractivity contribution in [3.05, 3.63) is 71.3 Å². The lowest BCUT2D eigenvalue weighted by molar-refractivity contribution is -0.144. The van der Waals surface area contributed by atoms with E-state index in [4.69, 9.17) is 4.74 Å². The van der Waals surface area contributed by atoms with E-state index >= 15 is 0 Å². The normalized spacial score (nSPS) is 20.4. The van der Waals surface area contributed by atoms with Crippen molar-refractivity contribution in [3.8, 4) is 0 Å². The summed E-state index contributed by atoms with van der Waals surface area (Å²) < 4.78 is 5.30. The summed E-state index contributed by atoms with van der Waals surface area (Å²) in [5, 5.41) is 9.63. The quantitative estimate of drug-likeness (QED) is 0.858. The lowest BCUT2D eigenvalue weighted by atomic mass is 9.96. The van der Waals surface area contributed by atoms with Gasteiger partial charge in [0.2, 0.25) is 0 Å². The SMILES string of the molecule is O=C(Cc1ccc([C@H]2CCC(O)C2)cc1)OCc1ccccc1. The highest BCUT2D eigenvalue weighted by molar-refractivity contribution is 5.72. The maximum absolute atomic E-state index is 11.9. The number of hydrogen-bond acceptors (Lipinski definition) is 3. The number of benzene rings is 2. The molecule has 0 spiro atoms. The number of carbonyl (C=O) groups is 1. The van der Waals surface area contributed by atoms with Gasteiger partial charge in [-0.25, -0.2) is 0 Å². The number of ether oxygens (including phenoxy) is 1. The molecule has 23 heavy (non-hydrogen) atoms. The highest BCUT2D eigenvalue weighted by atomic mass is 16.5. The van der Waals surface area contributed by atoms with Crippen LogP contribution >= 0.6 is 0 Å². The van der Waals surface area contributed by atoms with Crippen LogP contribution in [0.5, 0.6) is 0 Å². The Morgan fingerprint density at radius 3 is 2.39 bits per heavy atom. The van der Waals surface area contributed by atoms with Gasteiger partial charge < -0.3 is 9.84 Å². The molecule has 0 saturated heterocycles. The molecule has 1 saturated carbocycles. The lowest BCUT2D eigenvalue weighted by Gasteiger charge is -2.10. The van der Waals surface area contributed by atoms with Gasteiger partial charge in [0.05, 0.1) is 12.5 Å². The number of aliphatic hydroxyl groups excluding tert-OH is 1. The molecule has 0 bridgehead atoms. The lowest BCUT2D eigenvalue weighted by Crippen LogP contribution is -2.08. The fourth-order valence-corrected chi connectivity index (χ4v) is 3.12. The van der Waals surface area contributed by atoms with Crippen molar-refractivity contribution < 1.29 is 14.6 Å². The van der Waals surface area contributed by atoms with Crippen LogP contribution in [0.3, 0.4) is 0 Å². The van der Waals surface area contributed by atoms with E-state index in [1.165, 1.54) is 5.56 Å². The maximum atomic E-state index is 11.9. The smallest absolute Gasteiger partial charge is 0.310 e. The van der Waals surface area contributed by atoms with Crippen molar-refractivity contribution in [3.63, 3.8) is 0 Å². The molecule has 0 aromatic heterocycles. The van der Waals surface area contributed by atoms with Gasteiger partial charge >= 0.3 is 5.97 Å². The Bertz CT molecular complexity index is 634. The van der Waals surface area contributed by atoms with Gasteiger partial charge in [-0.05, 0) is 41.9 Å². The second kappa shape index (κ2) is 7.42. The van der Waals surface area contributed by atoms with E-state index in [9.17, 15) is 9.90 Å². The van der Waals surface area contributed by atoms with Crippen molar-refractivity contribution in [2.45, 2.75) is 44.3 Å². The minimum absolute atomic E-state index is 0.160. The summed E-state index contributed by atoms with van der Waals surface area (Å²) in [6.07, 6.45) is 2.91. The molecule has 3 heteroatoms. The predicted octanol–water partition coefficient (Wildman–Crippen LogP) is 3.60. The topological polar surface area (TPSA) is 46.5 Å². The Balaban J connectivity index is 1.50. The van der Waals surface area contributed by atoms with Crippen LogP contribution in [0, 0.1) is 0 Å². The summed E-state index contributed by atoms with van der Waals surface area (Å²) >= 11 is 0. The van der Waals surface area contributed by atoms with E-state index in [0.29, 0.717) is 18.9 Å². The molecule has 2 atom stereocenters. The number of esters is 1. The summed E-state index contributed by atoms with van der Waals surface area (Å²) in [5.74, 6) is 0.238.